The summed E-state index contributed by atoms with van der Waals surface area (Å²) in [5, 5.41) is -0.524. The molecule has 7 heteroatoms. The van der Waals surface area contributed by atoms with Crippen LogP contribution in [0.15, 0.2) is 30.3 Å². The monoisotopic (exact) mass is 322 g/mol. The first-order valence-corrected chi connectivity index (χ1v) is 8.90. The lowest BCUT2D eigenvalue weighted by molar-refractivity contribution is -0.0966. The lowest BCUT2D eigenvalue weighted by atomic mass is 9.99. The normalized spacial score (nSPS) is 36.3. The van der Waals surface area contributed by atoms with Crippen LogP contribution in [0, 0.1) is 0 Å². The number of hydrogen-bond acceptors (Lipinski definition) is 4. The second kappa shape index (κ2) is 4.53. The van der Waals surface area contributed by atoms with Crippen LogP contribution in [-0.2, 0) is 14.8 Å². The lowest BCUT2D eigenvalue weighted by Gasteiger charge is -2.39. The fourth-order valence-corrected chi connectivity index (χ4v) is 6.02. The molecular formula is C15H18N2O4S. The number of ether oxygens (including phenoxy) is 1. The van der Waals surface area contributed by atoms with Crippen LogP contribution in [0.3, 0.4) is 0 Å². The van der Waals surface area contributed by atoms with E-state index in [1.807, 2.05) is 18.2 Å². The highest BCUT2D eigenvalue weighted by Crippen LogP contribution is 2.46. The Bertz CT molecular complexity index is 720. The summed E-state index contributed by atoms with van der Waals surface area (Å²) in [7, 11) is -1.73. The van der Waals surface area contributed by atoms with Gasteiger partial charge in [0.2, 0.25) is 10.0 Å². The van der Waals surface area contributed by atoms with Crippen molar-refractivity contribution in [2.75, 3.05) is 26.7 Å². The van der Waals surface area contributed by atoms with Gasteiger partial charge in [0.1, 0.15) is 10.9 Å². The maximum Gasteiger partial charge on any atom is 0.254 e. The van der Waals surface area contributed by atoms with E-state index in [9.17, 15) is 13.2 Å². The highest BCUT2D eigenvalue weighted by atomic mass is 32.2. The number of carbonyl (C=O) groups is 1. The van der Waals surface area contributed by atoms with Crippen molar-refractivity contribution in [3.05, 3.63) is 35.9 Å². The van der Waals surface area contributed by atoms with Crippen molar-refractivity contribution in [1.29, 1.82) is 0 Å². The van der Waals surface area contributed by atoms with Gasteiger partial charge < -0.3 is 9.64 Å². The van der Waals surface area contributed by atoms with Gasteiger partial charge in [-0.1, -0.05) is 18.2 Å². The number of carbonyl (C=O) groups excluding carboxylic acids is 1. The van der Waals surface area contributed by atoms with Crippen molar-refractivity contribution in [2.45, 2.75) is 23.4 Å². The predicted octanol–water partition coefficient (Wildman–Crippen LogP) is 0.314. The van der Waals surface area contributed by atoms with Gasteiger partial charge in [-0.25, -0.2) is 12.7 Å². The second-order valence-electron chi connectivity index (χ2n) is 6.38. The van der Waals surface area contributed by atoms with Crippen LogP contribution < -0.4 is 0 Å². The molecule has 0 aromatic heterocycles. The molecular weight excluding hydrogens is 304 g/mol. The second-order valence-corrected chi connectivity index (χ2v) is 8.60. The number of amides is 1. The summed E-state index contributed by atoms with van der Waals surface area (Å²) in [5.74, 6) is -0.0547. The zero-order chi connectivity index (χ0) is 15.5. The van der Waals surface area contributed by atoms with Gasteiger partial charge in [-0.2, -0.15) is 0 Å². The Morgan fingerprint density at radius 3 is 2.73 bits per heavy atom. The van der Waals surface area contributed by atoms with E-state index in [4.69, 9.17) is 4.74 Å². The number of hydrogen-bond donors (Lipinski definition) is 0. The summed E-state index contributed by atoms with van der Waals surface area (Å²) >= 11 is 0. The Balaban J connectivity index is 1.65. The molecule has 6 nitrogen and oxygen atoms in total. The predicted molar refractivity (Wildman–Crippen MR) is 79.9 cm³/mol. The molecule has 3 aliphatic heterocycles. The van der Waals surface area contributed by atoms with Gasteiger partial charge in [-0.15, -0.1) is 0 Å². The third-order valence-corrected chi connectivity index (χ3v) is 7.28. The minimum atomic E-state index is -3.31. The van der Waals surface area contributed by atoms with Crippen molar-refractivity contribution in [1.82, 2.24) is 9.21 Å². The summed E-state index contributed by atoms with van der Waals surface area (Å²) in [6.07, 6.45) is 0.292. The van der Waals surface area contributed by atoms with Gasteiger partial charge in [0.15, 0.2) is 0 Å². The minimum absolute atomic E-state index is 0.0547. The molecule has 3 heterocycles. The standard InChI is InChI=1S/C15H18N2O4S/c1-16-9-15-10-17(14(18)11-5-3-2-4-6-11)8-12(21-15)7-13(15)22(16,19)20/h2-6,12-13H,7-10H2,1H3/t12-,13+,15-/m1/s1. The molecule has 0 N–H and O–H groups in total. The van der Waals surface area contributed by atoms with Gasteiger partial charge in [0.05, 0.1) is 12.6 Å². The Morgan fingerprint density at radius 1 is 1.27 bits per heavy atom. The Morgan fingerprint density at radius 2 is 2.00 bits per heavy atom. The molecule has 3 aliphatic rings. The average Bonchev–Trinajstić information content (AvgIpc) is 2.86. The fraction of sp³-hybridized carbons (Fsp3) is 0.533. The van der Waals surface area contributed by atoms with Crippen molar-refractivity contribution >= 4 is 15.9 Å². The summed E-state index contributed by atoms with van der Waals surface area (Å²) in [6, 6.07) is 9.10. The molecule has 1 aromatic carbocycles. The quantitative estimate of drug-likeness (QED) is 0.746. The highest BCUT2D eigenvalue weighted by Gasteiger charge is 2.64. The molecule has 1 amide bonds. The average molecular weight is 322 g/mol. The topological polar surface area (TPSA) is 66.9 Å². The van der Waals surface area contributed by atoms with Gasteiger partial charge in [0, 0.05) is 25.7 Å². The molecule has 1 spiro atoms. The third kappa shape index (κ3) is 1.85. The Labute approximate surface area is 129 Å². The van der Waals surface area contributed by atoms with E-state index in [0.717, 1.165) is 0 Å². The summed E-state index contributed by atoms with van der Waals surface area (Å²) in [6.45, 7) is 1.13. The first kappa shape index (κ1) is 14.2. The van der Waals surface area contributed by atoms with E-state index in [0.29, 0.717) is 31.6 Å². The molecule has 3 atom stereocenters. The molecule has 1 aromatic rings. The first-order chi connectivity index (χ1) is 10.4. The highest BCUT2D eigenvalue weighted by molar-refractivity contribution is 7.90. The fourth-order valence-electron chi connectivity index (χ4n) is 3.98. The van der Waals surface area contributed by atoms with Crippen LogP contribution in [0.25, 0.3) is 0 Å². The zero-order valence-electron chi connectivity index (χ0n) is 12.3. The lowest BCUT2D eigenvalue weighted by Crippen LogP contribution is -2.56. The number of benzene rings is 1. The van der Waals surface area contributed by atoms with Gasteiger partial charge in [-0.3, -0.25) is 4.79 Å². The molecule has 2 bridgehead atoms. The van der Waals surface area contributed by atoms with Crippen molar-refractivity contribution in [2.24, 2.45) is 0 Å². The van der Waals surface area contributed by atoms with Crippen LogP contribution in [0.2, 0.25) is 0 Å². The van der Waals surface area contributed by atoms with Gasteiger partial charge in [-0.05, 0) is 18.6 Å². The van der Waals surface area contributed by atoms with E-state index in [2.05, 4.69) is 0 Å². The van der Waals surface area contributed by atoms with Crippen molar-refractivity contribution in [3.8, 4) is 0 Å². The number of sulfonamides is 1. The van der Waals surface area contributed by atoms with Crippen LogP contribution in [0.1, 0.15) is 16.8 Å². The molecule has 0 saturated carbocycles. The van der Waals surface area contributed by atoms with Crippen molar-refractivity contribution in [3.63, 3.8) is 0 Å². The number of morpholine rings is 1. The SMILES string of the molecule is CN1C[C@@]23CN(C(=O)c4ccccc4)C[C@@H](C[C@@H]2S1(=O)=O)O3. The molecule has 22 heavy (non-hydrogen) atoms. The number of nitrogens with zero attached hydrogens (tertiary/aromatic N) is 2. The van der Waals surface area contributed by atoms with Crippen LogP contribution in [0.5, 0.6) is 0 Å². The van der Waals surface area contributed by atoms with Crippen LogP contribution >= 0.6 is 0 Å². The van der Waals surface area contributed by atoms with E-state index < -0.39 is 20.9 Å². The summed E-state index contributed by atoms with van der Waals surface area (Å²) in [4.78, 5) is 14.4. The molecule has 0 radical (unpaired) electrons. The molecule has 0 unspecified atom stereocenters. The smallest absolute Gasteiger partial charge is 0.254 e. The first-order valence-electron chi connectivity index (χ1n) is 7.40. The molecule has 4 rings (SSSR count). The number of likely N-dealkylation sites (tertiary alicyclic amines) is 1. The maximum absolute atomic E-state index is 12.7. The van der Waals surface area contributed by atoms with Gasteiger partial charge >= 0.3 is 0 Å². The maximum atomic E-state index is 12.7. The Hall–Kier alpha value is -1.44. The third-order valence-electron chi connectivity index (χ3n) is 4.94. The van der Waals surface area contributed by atoms with Crippen molar-refractivity contribution < 1.29 is 17.9 Å². The van der Waals surface area contributed by atoms with Gasteiger partial charge in [0.25, 0.3) is 5.91 Å². The Kier molecular flexibility index (Phi) is 2.92. The van der Waals surface area contributed by atoms with E-state index in [1.54, 1.807) is 24.1 Å². The number of likely N-dealkylation sites (N-methyl/N-ethyl adjacent to an activating group) is 1. The molecule has 118 valence electrons. The number of fused-ring (bicyclic) bond motifs is 1. The van der Waals surface area contributed by atoms with Crippen LogP contribution in [-0.4, -0.2) is 67.2 Å². The number of rotatable bonds is 1. The van der Waals surface area contributed by atoms with E-state index >= 15 is 0 Å². The molecule has 3 fully saturated rings. The van der Waals surface area contributed by atoms with E-state index in [-0.39, 0.29) is 12.0 Å². The zero-order valence-corrected chi connectivity index (χ0v) is 13.1. The summed E-state index contributed by atoms with van der Waals surface area (Å²) in [5.41, 5.74) is -0.132. The largest absolute Gasteiger partial charge is 0.365 e. The summed E-state index contributed by atoms with van der Waals surface area (Å²) < 4.78 is 32.2. The van der Waals surface area contributed by atoms with Crippen LogP contribution in [0.4, 0.5) is 0 Å². The molecule has 0 aliphatic carbocycles. The minimum Gasteiger partial charge on any atom is -0.365 e. The van der Waals surface area contributed by atoms with E-state index in [1.165, 1.54) is 4.31 Å². The molecule has 3 saturated heterocycles.